The van der Waals surface area contributed by atoms with Gasteiger partial charge < -0.3 is 24.4 Å². The van der Waals surface area contributed by atoms with Gasteiger partial charge in [-0.1, -0.05) is 30.3 Å². The zero-order valence-corrected chi connectivity index (χ0v) is 17.7. The molecule has 1 heterocycles. The van der Waals surface area contributed by atoms with Gasteiger partial charge in [-0.15, -0.1) is 0 Å². The molecule has 0 saturated carbocycles. The van der Waals surface area contributed by atoms with E-state index in [1.165, 1.54) is 0 Å². The number of rotatable bonds is 8. The first kappa shape index (κ1) is 21.2. The van der Waals surface area contributed by atoms with Gasteiger partial charge in [0.15, 0.2) is 6.61 Å². The molecule has 164 valence electrons. The van der Waals surface area contributed by atoms with Gasteiger partial charge >= 0.3 is 0 Å². The van der Waals surface area contributed by atoms with Crippen molar-refractivity contribution in [2.75, 3.05) is 37.1 Å². The highest BCUT2D eigenvalue weighted by molar-refractivity contribution is 5.99. The van der Waals surface area contributed by atoms with E-state index in [1.807, 2.05) is 54.6 Å². The first-order valence-electron chi connectivity index (χ1n) is 10.3. The molecule has 0 fully saturated rings. The van der Waals surface area contributed by atoms with Crippen molar-refractivity contribution in [3.05, 3.63) is 78.4 Å². The summed E-state index contributed by atoms with van der Waals surface area (Å²) in [6, 6.07) is 22.1. The van der Waals surface area contributed by atoms with Crippen LogP contribution >= 0.6 is 0 Å². The molecule has 4 rings (SSSR count). The summed E-state index contributed by atoms with van der Waals surface area (Å²) >= 11 is 0. The minimum absolute atomic E-state index is 0.0325. The Hall–Kier alpha value is -4.00. The minimum Gasteiger partial charge on any atom is -0.497 e. The van der Waals surface area contributed by atoms with Crippen molar-refractivity contribution in [3.8, 4) is 17.2 Å². The third-order valence-electron chi connectivity index (χ3n) is 5.04. The molecule has 7 nitrogen and oxygen atoms in total. The fourth-order valence-corrected chi connectivity index (χ4v) is 3.44. The lowest BCUT2D eigenvalue weighted by Gasteiger charge is -2.29. The normalized spacial score (nSPS) is 12.5. The van der Waals surface area contributed by atoms with E-state index < -0.39 is 0 Å². The second kappa shape index (κ2) is 9.87. The predicted octanol–water partition coefficient (Wildman–Crippen LogP) is 3.68. The topological polar surface area (TPSA) is 77.1 Å². The SMILES string of the molecule is COc1ccc(OCCN2C(=O)COc3ccc(NC(=O)Cc4ccccc4)cc32)cc1. The Bertz CT molecular complexity index is 1080. The van der Waals surface area contributed by atoms with Crippen LogP contribution in [0.1, 0.15) is 5.56 Å². The Labute approximate surface area is 186 Å². The number of nitrogens with one attached hydrogen (secondary N) is 1. The number of amides is 2. The molecule has 1 N–H and O–H groups in total. The highest BCUT2D eigenvalue weighted by Gasteiger charge is 2.26. The summed E-state index contributed by atoms with van der Waals surface area (Å²) in [4.78, 5) is 26.5. The van der Waals surface area contributed by atoms with Crippen LogP contribution in [0.2, 0.25) is 0 Å². The van der Waals surface area contributed by atoms with Gasteiger partial charge in [0.1, 0.15) is 23.9 Å². The van der Waals surface area contributed by atoms with Crippen molar-refractivity contribution in [1.82, 2.24) is 0 Å². The van der Waals surface area contributed by atoms with Gasteiger partial charge in [0.25, 0.3) is 5.91 Å². The maximum Gasteiger partial charge on any atom is 0.265 e. The number of anilines is 2. The fraction of sp³-hybridized carbons (Fsp3) is 0.200. The fourth-order valence-electron chi connectivity index (χ4n) is 3.44. The third-order valence-corrected chi connectivity index (χ3v) is 5.04. The average molecular weight is 432 g/mol. The number of carbonyl (C=O) groups is 2. The second-order valence-electron chi connectivity index (χ2n) is 7.25. The number of methoxy groups -OCH3 is 1. The standard InChI is InChI=1S/C25H24N2O5/c1-30-20-8-10-21(11-9-20)31-14-13-27-22-16-19(7-12-23(22)32-17-25(27)29)26-24(28)15-18-5-3-2-4-6-18/h2-12,16H,13-15,17H2,1H3,(H,26,28). The quantitative estimate of drug-likeness (QED) is 0.588. The number of hydrogen-bond donors (Lipinski definition) is 1. The van der Waals surface area contributed by atoms with Gasteiger partial charge in [-0.2, -0.15) is 0 Å². The highest BCUT2D eigenvalue weighted by Crippen LogP contribution is 2.34. The van der Waals surface area contributed by atoms with Crippen LogP contribution in [0.15, 0.2) is 72.8 Å². The monoisotopic (exact) mass is 432 g/mol. The Morgan fingerprint density at radius 2 is 1.78 bits per heavy atom. The first-order valence-corrected chi connectivity index (χ1v) is 10.3. The molecular formula is C25H24N2O5. The van der Waals surface area contributed by atoms with E-state index in [9.17, 15) is 9.59 Å². The first-order chi connectivity index (χ1) is 15.6. The van der Waals surface area contributed by atoms with Crippen LogP contribution in [-0.4, -0.2) is 38.7 Å². The number of ether oxygens (including phenoxy) is 3. The van der Waals surface area contributed by atoms with Crippen LogP contribution in [-0.2, 0) is 16.0 Å². The second-order valence-corrected chi connectivity index (χ2v) is 7.25. The maximum atomic E-state index is 12.5. The Morgan fingerprint density at radius 3 is 2.53 bits per heavy atom. The van der Waals surface area contributed by atoms with Crippen molar-refractivity contribution in [3.63, 3.8) is 0 Å². The van der Waals surface area contributed by atoms with E-state index in [0.29, 0.717) is 36.0 Å². The molecule has 32 heavy (non-hydrogen) atoms. The summed E-state index contributed by atoms with van der Waals surface area (Å²) < 4.78 is 16.5. The summed E-state index contributed by atoms with van der Waals surface area (Å²) in [6.07, 6.45) is 0.271. The lowest BCUT2D eigenvalue weighted by Crippen LogP contribution is -2.41. The van der Waals surface area contributed by atoms with E-state index in [1.54, 1.807) is 30.2 Å². The molecule has 3 aromatic rings. The molecule has 0 unspecified atom stereocenters. The molecule has 7 heteroatoms. The van der Waals surface area contributed by atoms with Crippen LogP contribution in [0.3, 0.4) is 0 Å². The summed E-state index contributed by atoms with van der Waals surface area (Å²) in [5, 5.41) is 2.89. The van der Waals surface area contributed by atoms with E-state index in [4.69, 9.17) is 14.2 Å². The Morgan fingerprint density at radius 1 is 1.03 bits per heavy atom. The molecule has 0 saturated heterocycles. The zero-order chi connectivity index (χ0) is 22.3. The molecule has 0 aliphatic carbocycles. The molecule has 1 aliphatic rings. The molecule has 1 aliphatic heterocycles. The van der Waals surface area contributed by atoms with E-state index in [2.05, 4.69) is 5.32 Å². The number of carbonyl (C=O) groups excluding carboxylic acids is 2. The predicted molar refractivity (Wildman–Crippen MR) is 122 cm³/mol. The zero-order valence-electron chi connectivity index (χ0n) is 17.7. The molecule has 0 spiro atoms. The average Bonchev–Trinajstić information content (AvgIpc) is 2.81. The van der Waals surface area contributed by atoms with E-state index in [0.717, 1.165) is 11.3 Å². The minimum atomic E-state index is -0.163. The van der Waals surface area contributed by atoms with Crippen molar-refractivity contribution in [1.29, 1.82) is 0 Å². The maximum absolute atomic E-state index is 12.5. The van der Waals surface area contributed by atoms with Crippen LogP contribution in [0, 0.1) is 0 Å². The van der Waals surface area contributed by atoms with Crippen molar-refractivity contribution in [2.45, 2.75) is 6.42 Å². The summed E-state index contributed by atoms with van der Waals surface area (Å²) in [6.45, 7) is 0.625. The number of nitrogens with zero attached hydrogens (tertiary/aromatic N) is 1. The molecule has 0 bridgehead atoms. The summed E-state index contributed by atoms with van der Waals surface area (Å²) in [5.74, 6) is 1.73. The summed E-state index contributed by atoms with van der Waals surface area (Å²) in [7, 11) is 1.61. The van der Waals surface area contributed by atoms with Gasteiger partial charge in [0.05, 0.1) is 25.8 Å². The van der Waals surface area contributed by atoms with Crippen molar-refractivity contribution < 1.29 is 23.8 Å². The molecule has 0 aromatic heterocycles. The number of hydrogen-bond acceptors (Lipinski definition) is 5. The lowest BCUT2D eigenvalue weighted by molar-refractivity contribution is -0.121. The number of benzene rings is 3. The van der Waals surface area contributed by atoms with Crippen LogP contribution in [0.25, 0.3) is 0 Å². The van der Waals surface area contributed by atoms with Gasteiger partial charge in [0, 0.05) is 5.69 Å². The largest absolute Gasteiger partial charge is 0.497 e. The molecular weight excluding hydrogens is 408 g/mol. The molecule has 0 radical (unpaired) electrons. The lowest BCUT2D eigenvalue weighted by atomic mass is 10.1. The smallest absolute Gasteiger partial charge is 0.265 e. The van der Waals surface area contributed by atoms with Crippen molar-refractivity contribution >= 4 is 23.2 Å². The summed E-state index contributed by atoms with van der Waals surface area (Å²) in [5.41, 5.74) is 2.14. The van der Waals surface area contributed by atoms with E-state index in [-0.39, 0.29) is 24.8 Å². The van der Waals surface area contributed by atoms with Crippen LogP contribution in [0.4, 0.5) is 11.4 Å². The Balaban J connectivity index is 1.41. The van der Waals surface area contributed by atoms with Gasteiger partial charge in [-0.25, -0.2) is 0 Å². The molecule has 3 aromatic carbocycles. The van der Waals surface area contributed by atoms with Crippen LogP contribution in [0.5, 0.6) is 17.2 Å². The van der Waals surface area contributed by atoms with Crippen molar-refractivity contribution in [2.24, 2.45) is 0 Å². The highest BCUT2D eigenvalue weighted by atomic mass is 16.5. The van der Waals surface area contributed by atoms with Crippen LogP contribution < -0.4 is 24.4 Å². The third kappa shape index (κ3) is 5.18. The Kier molecular flexibility index (Phi) is 6.55. The van der Waals surface area contributed by atoms with Gasteiger partial charge in [0.2, 0.25) is 5.91 Å². The molecule has 0 atom stereocenters. The van der Waals surface area contributed by atoms with Gasteiger partial charge in [-0.3, -0.25) is 9.59 Å². The number of fused-ring (bicyclic) bond motifs is 1. The van der Waals surface area contributed by atoms with Gasteiger partial charge in [-0.05, 0) is 48.0 Å². The molecule has 2 amide bonds. The van der Waals surface area contributed by atoms with E-state index >= 15 is 0 Å².